The van der Waals surface area contributed by atoms with Gasteiger partial charge in [0.05, 0.1) is 25.4 Å². The molecule has 2 N–H and O–H groups in total. The van der Waals surface area contributed by atoms with Gasteiger partial charge in [-0.25, -0.2) is 0 Å². The van der Waals surface area contributed by atoms with E-state index in [1.165, 1.54) is 0 Å². The highest BCUT2D eigenvalue weighted by molar-refractivity contribution is 6.30. The second-order valence-electron chi connectivity index (χ2n) is 6.99. The first-order chi connectivity index (χ1) is 11.6. The largest absolute Gasteiger partial charge is 0.393 e. The highest BCUT2D eigenvalue weighted by Crippen LogP contribution is 2.47. The monoisotopic (exact) mass is 354 g/mol. The minimum atomic E-state index is -0.763. The van der Waals surface area contributed by atoms with E-state index in [0.29, 0.717) is 37.5 Å². The SMILES string of the molecule is OC1C[C@@H]2[C@@H](CCC3(c4ccc(Cl)cc4)OCCO3)[C@H](O)C[C@@H]2O1. The number of benzene rings is 1. The van der Waals surface area contributed by atoms with Gasteiger partial charge < -0.3 is 24.4 Å². The van der Waals surface area contributed by atoms with Crippen LogP contribution in [0.3, 0.4) is 0 Å². The number of ether oxygens (including phenoxy) is 3. The van der Waals surface area contributed by atoms with Gasteiger partial charge in [0.15, 0.2) is 12.1 Å². The highest BCUT2D eigenvalue weighted by Gasteiger charge is 2.50. The Balaban J connectivity index is 1.49. The van der Waals surface area contributed by atoms with Gasteiger partial charge in [-0.05, 0) is 30.4 Å². The number of halogens is 1. The van der Waals surface area contributed by atoms with Crippen LogP contribution in [0.15, 0.2) is 24.3 Å². The van der Waals surface area contributed by atoms with Gasteiger partial charge in [-0.15, -0.1) is 0 Å². The van der Waals surface area contributed by atoms with Crippen LogP contribution in [0.4, 0.5) is 0 Å². The summed E-state index contributed by atoms with van der Waals surface area (Å²) in [6, 6.07) is 7.55. The Morgan fingerprint density at radius 1 is 1.08 bits per heavy atom. The molecule has 2 heterocycles. The van der Waals surface area contributed by atoms with Crippen molar-refractivity contribution in [2.24, 2.45) is 11.8 Å². The van der Waals surface area contributed by atoms with Crippen LogP contribution in [0.2, 0.25) is 5.02 Å². The van der Waals surface area contributed by atoms with Crippen molar-refractivity contribution in [3.8, 4) is 0 Å². The number of hydrogen-bond donors (Lipinski definition) is 2. The molecule has 6 heteroatoms. The van der Waals surface area contributed by atoms with Gasteiger partial charge in [-0.3, -0.25) is 0 Å². The summed E-state index contributed by atoms with van der Waals surface area (Å²) in [5, 5.41) is 20.8. The third kappa shape index (κ3) is 2.98. The molecule has 0 spiro atoms. The van der Waals surface area contributed by atoms with Crippen LogP contribution in [-0.4, -0.2) is 41.9 Å². The zero-order chi connectivity index (χ0) is 16.7. The summed E-state index contributed by atoms with van der Waals surface area (Å²) < 4.78 is 17.4. The third-order valence-corrected chi connectivity index (χ3v) is 5.90. The zero-order valence-electron chi connectivity index (χ0n) is 13.4. The van der Waals surface area contributed by atoms with Gasteiger partial charge in [0.1, 0.15) is 0 Å². The van der Waals surface area contributed by atoms with Crippen LogP contribution in [-0.2, 0) is 20.0 Å². The maximum atomic E-state index is 10.4. The lowest BCUT2D eigenvalue weighted by molar-refractivity contribution is -0.174. The molecule has 5 atom stereocenters. The molecule has 1 aromatic rings. The second-order valence-corrected chi connectivity index (χ2v) is 7.43. The summed E-state index contributed by atoms with van der Waals surface area (Å²) >= 11 is 5.99. The van der Waals surface area contributed by atoms with E-state index in [-0.39, 0.29) is 17.9 Å². The van der Waals surface area contributed by atoms with Crippen LogP contribution in [0.1, 0.15) is 31.2 Å². The van der Waals surface area contributed by atoms with Gasteiger partial charge in [-0.2, -0.15) is 0 Å². The van der Waals surface area contributed by atoms with Crippen molar-refractivity contribution in [1.82, 2.24) is 0 Å². The smallest absolute Gasteiger partial charge is 0.194 e. The standard InChI is InChI=1S/C18H23ClO5/c19-12-3-1-11(2-4-12)18(22-7-8-23-18)6-5-13-14-9-17(21)24-16(14)10-15(13)20/h1-4,13-17,20-21H,5-10H2/t13-,14-,15-,16+,17?/m1/s1. The fraction of sp³-hybridized carbons (Fsp3) is 0.667. The molecule has 2 saturated heterocycles. The highest BCUT2D eigenvalue weighted by atomic mass is 35.5. The van der Waals surface area contributed by atoms with E-state index in [9.17, 15) is 10.2 Å². The van der Waals surface area contributed by atoms with E-state index >= 15 is 0 Å². The van der Waals surface area contributed by atoms with Gasteiger partial charge >= 0.3 is 0 Å². The fourth-order valence-corrected chi connectivity index (χ4v) is 4.62. The van der Waals surface area contributed by atoms with Crippen molar-refractivity contribution < 1.29 is 24.4 Å². The number of rotatable bonds is 4. The minimum absolute atomic E-state index is 0.0307. The van der Waals surface area contributed by atoms with Gasteiger partial charge in [0.2, 0.25) is 0 Å². The normalized spacial score (nSPS) is 37.7. The van der Waals surface area contributed by atoms with Crippen LogP contribution >= 0.6 is 11.6 Å². The molecule has 4 rings (SSSR count). The Morgan fingerprint density at radius 3 is 2.50 bits per heavy atom. The van der Waals surface area contributed by atoms with Crippen molar-refractivity contribution in [2.45, 2.75) is 50.0 Å². The molecule has 2 aliphatic heterocycles. The van der Waals surface area contributed by atoms with Gasteiger partial charge in [0.25, 0.3) is 0 Å². The van der Waals surface area contributed by atoms with Crippen molar-refractivity contribution >= 4 is 11.6 Å². The van der Waals surface area contributed by atoms with Crippen LogP contribution in [0.5, 0.6) is 0 Å². The first-order valence-electron chi connectivity index (χ1n) is 8.63. The molecule has 0 bridgehead atoms. The zero-order valence-corrected chi connectivity index (χ0v) is 14.2. The Morgan fingerprint density at radius 2 is 1.79 bits per heavy atom. The van der Waals surface area contributed by atoms with Gasteiger partial charge in [-0.1, -0.05) is 23.7 Å². The predicted octanol–water partition coefficient (Wildman–Crippen LogP) is 2.42. The Hall–Kier alpha value is -0.690. The first kappa shape index (κ1) is 16.8. The Labute approximate surface area is 146 Å². The lowest BCUT2D eigenvalue weighted by Gasteiger charge is -2.30. The number of hydrogen-bond acceptors (Lipinski definition) is 5. The van der Waals surface area contributed by atoms with Crippen molar-refractivity contribution in [1.29, 1.82) is 0 Å². The molecule has 132 valence electrons. The van der Waals surface area contributed by atoms with Crippen LogP contribution < -0.4 is 0 Å². The summed E-state index contributed by atoms with van der Waals surface area (Å²) in [6.07, 6.45) is 1.51. The molecular formula is C18H23ClO5. The van der Waals surface area contributed by atoms with E-state index in [0.717, 1.165) is 12.0 Å². The lowest BCUT2D eigenvalue weighted by Crippen LogP contribution is -2.30. The minimum Gasteiger partial charge on any atom is -0.393 e. The molecule has 24 heavy (non-hydrogen) atoms. The number of fused-ring (bicyclic) bond motifs is 1. The molecule has 0 aromatic heterocycles. The quantitative estimate of drug-likeness (QED) is 0.869. The molecule has 1 aromatic carbocycles. The summed E-state index contributed by atoms with van der Waals surface area (Å²) in [5.74, 6) is -0.455. The molecule has 1 unspecified atom stereocenters. The average Bonchev–Trinajstić information content (AvgIpc) is 3.22. The average molecular weight is 355 g/mol. The maximum Gasteiger partial charge on any atom is 0.194 e. The predicted molar refractivity (Wildman–Crippen MR) is 87.4 cm³/mol. The van der Waals surface area contributed by atoms with Gasteiger partial charge in [0, 0.05) is 29.8 Å². The fourth-order valence-electron chi connectivity index (χ4n) is 4.50. The maximum absolute atomic E-state index is 10.4. The summed E-state index contributed by atoms with van der Waals surface area (Å²) in [6.45, 7) is 1.12. The first-order valence-corrected chi connectivity index (χ1v) is 9.01. The van der Waals surface area contributed by atoms with E-state index in [2.05, 4.69) is 0 Å². The summed E-state index contributed by atoms with van der Waals surface area (Å²) in [7, 11) is 0. The lowest BCUT2D eigenvalue weighted by atomic mass is 9.85. The number of aliphatic hydroxyl groups is 2. The molecular weight excluding hydrogens is 332 g/mol. The van der Waals surface area contributed by atoms with Crippen LogP contribution in [0, 0.1) is 11.8 Å². The molecule has 1 aliphatic carbocycles. The second kappa shape index (κ2) is 6.56. The summed E-state index contributed by atoms with van der Waals surface area (Å²) in [4.78, 5) is 0. The van der Waals surface area contributed by atoms with E-state index in [1.807, 2.05) is 24.3 Å². The molecule has 1 saturated carbocycles. The molecule has 0 radical (unpaired) electrons. The number of aliphatic hydroxyl groups excluding tert-OH is 2. The summed E-state index contributed by atoms with van der Waals surface area (Å²) in [5.41, 5.74) is 0.955. The molecule has 0 amide bonds. The van der Waals surface area contributed by atoms with E-state index < -0.39 is 18.2 Å². The Kier molecular flexibility index (Phi) is 4.58. The molecule has 5 nitrogen and oxygen atoms in total. The topological polar surface area (TPSA) is 68.2 Å². The van der Waals surface area contributed by atoms with Crippen molar-refractivity contribution in [3.05, 3.63) is 34.9 Å². The Bertz CT molecular complexity index is 571. The van der Waals surface area contributed by atoms with Crippen molar-refractivity contribution in [2.75, 3.05) is 13.2 Å². The van der Waals surface area contributed by atoms with Crippen molar-refractivity contribution in [3.63, 3.8) is 0 Å². The third-order valence-electron chi connectivity index (χ3n) is 5.65. The van der Waals surface area contributed by atoms with Crippen LogP contribution in [0.25, 0.3) is 0 Å². The molecule has 3 aliphatic rings. The van der Waals surface area contributed by atoms with E-state index in [4.69, 9.17) is 25.8 Å². The molecule has 3 fully saturated rings. The van der Waals surface area contributed by atoms with E-state index in [1.54, 1.807) is 0 Å².